The summed E-state index contributed by atoms with van der Waals surface area (Å²) in [6, 6.07) is 21.2. The minimum absolute atomic E-state index is 1.19. The molecule has 0 bridgehead atoms. The average molecular weight is 313 g/mol. The highest BCUT2D eigenvalue weighted by atomic mass is 14.1. The molecule has 1 radical (unpaired) electrons. The highest BCUT2D eigenvalue weighted by Crippen LogP contribution is 2.36. The number of benzene rings is 4. The summed E-state index contributed by atoms with van der Waals surface area (Å²) in [5.41, 5.74) is 1.51. The van der Waals surface area contributed by atoms with Crippen LogP contribution in [0.5, 0.6) is 0 Å². The van der Waals surface area contributed by atoms with Gasteiger partial charge in [0.15, 0.2) is 0 Å². The van der Waals surface area contributed by atoms with Gasteiger partial charge >= 0.3 is 0 Å². The number of hydrogen-bond acceptors (Lipinski definition) is 0. The van der Waals surface area contributed by atoms with Crippen LogP contribution in [0.25, 0.3) is 32.3 Å². The maximum absolute atomic E-state index is 3.32. The summed E-state index contributed by atoms with van der Waals surface area (Å²) in [6.07, 6.45) is 9.32. The molecule has 24 heavy (non-hydrogen) atoms. The molecule has 121 valence electrons. The number of aryl methyl sites for hydroxylation is 1. The van der Waals surface area contributed by atoms with Crippen LogP contribution in [-0.4, -0.2) is 0 Å². The molecule has 0 saturated heterocycles. The van der Waals surface area contributed by atoms with E-state index in [2.05, 4.69) is 61.5 Å². The molecule has 0 N–H and O–H groups in total. The molecular formula is C24H25. The third-order valence-corrected chi connectivity index (χ3v) is 5.32. The summed E-state index contributed by atoms with van der Waals surface area (Å²) < 4.78 is 0. The van der Waals surface area contributed by atoms with Gasteiger partial charge in [0.25, 0.3) is 0 Å². The Morgan fingerprint density at radius 2 is 1.54 bits per heavy atom. The largest absolute Gasteiger partial charge is 0.0654 e. The van der Waals surface area contributed by atoms with Crippen molar-refractivity contribution in [3.8, 4) is 0 Å². The molecule has 0 amide bonds. The molecule has 0 fully saturated rings. The van der Waals surface area contributed by atoms with Crippen LogP contribution in [-0.2, 0) is 6.42 Å². The zero-order chi connectivity index (χ0) is 16.4. The van der Waals surface area contributed by atoms with E-state index in [0.717, 1.165) is 0 Å². The Labute approximate surface area is 144 Å². The van der Waals surface area contributed by atoms with E-state index in [1.807, 2.05) is 0 Å². The van der Waals surface area contributed by atoms with E-state index in [0.29, 0.717) is 0 Å². The third kappa shape index (κ3) is 2.75. The predicted molar refractivity (Wildman–Crippen MR) is 106 cm³/mol. The van der Waals surface area contributed by atoms with Gasteiger partial charge in [-0.05, 0) is 68.9 Å². The van der Waals surface area contributed by atoms with Crippen molar-refractivity contribution in [2.24, 2.45) is 0 Å². The van der Waals surface area contributed by atoms with Crippen molar-refractivity contribution in [2.75, 3.05) is 0 Å². The minimum atomic E-state index is 1.19. The Bertz CT molecular complexity index is 948. The maximum Gasteiger partial charge on any atom is -0.00240 e. The summed E-state index contributed by atoms with van der Waals surface area (Å²) in [5, 5.41) is 8.32. The summed E-state index contributed by atoms with van der Waals surface area (Å²) >= 11 is 0. The van der Waals surface area contributed by atoms with Gasteiger partial charge in [0.2, 0.25) is 0 Å². The maximum atomic E-state index is 3.32. The van der Waals surface area contributed by atoms with Gasteiger partial charge in [-0.15, -0.1) is 0 Å². The molecule has 4 aromatic carbocycles. The van der Waals surface area contributed by atoms with Crippen molar-refractivity contribution in [3.05, 3.63) is 60.2 Å². The molecule has 0 heterocycles. The van der Waals surface area contributed by atoms with Crippen LogP contribution in [0.4, 0.5) is 0 Å². The lowest BCUT2D eigenvalue weighted by Gasteiger charge is -2.14. The normalized spacial score (nSPS) is 11.9. The SMILES string of the molecule is CCCCCCCCc1cc2c[c]cc3ccc4cccc1c4c32. The van der Waals surface area contributed by atoms with Gasteiger partial charge in [0, 0.05) is 0 Å². The highest BCUT2D eigenvalue weighted by Gasteiger charge is 2.11. The molecule has 4 rings (SSSR count). The standard InChI is InChI=1S/C24H25/c1-2-3-4-5-6-7-10-20-17-21-13-8-11-18-15-16-19-12-9-14-22(20)24(19)23(18)21/h9,11-17H,2-7,10H2,1H3. The van der Waals surface area contributed by atoms with Crippen LogP contribution in [0.1, 0.15) is 51.0 Å². The van der Waals surface area contributed by atoms with Crippen LogP contribution >= 0.6 is 0 Å². The van der Waals surface area contributed by atoms with E-state index in [1.165, 1.54) is 82.8 Å². The van der Waals surface area contributed by atoms with E-state index in [4.69, 9.17) is 0 Å². The fourth-order valence-electron chi connectivity index (χ4n) is 4.07. The number of rotatable bonds is 7. The second kappa shape index (κ2) is 6.81. The Kier molecular flexibility index (Phi) is 4.38. The molecule has 0 atom stereocenters. The van der Waals surface area contributed by atoms with E-state index in [9.17, 15) is 0 Å². The second-order valence-corrected chi connectivity index (χ2v) is 7.03. The lowest BCUT2D eigenvalue weighted by molar-refractivity contribution is 0.608. The van der Waals surface area contributed by atoms with E-state index in [1.54, 1.807) is 0 Å². The Hall–Kier alpha value is -2.08. The fraction of sp³-hybridized carbons (Fsp3) is 0.333. The van der Waals surface area contributed by atoms with Gasteiger partial charge in [0.1, 0.15) is 0 Å². The molecule has 0 aromatic heterocycles. The Morgan fingerprint density at radius 1 is 0.750 bits per heavy atom. The smallest absolute Gasteiger partial charge is 0.00240 e. The van der Waals surface area contributed by atoms with Crippen LogP contribution < -0.4 is 0 Å². The summed E-state index contributed by atoms with van der Waals surface area (Å²) in [6.45, 7) is 2.28. The highest BCUT2D eigenvalue weighted by molar-refractivity contribution is 6.23. The van der Waals surface area contributed by atoms with Crippen molar-refractivity contribution in [1.82, 2.24) is 0 Å². The Morgan fingerprint density at radius 3 is 2.46 bits per heavy atom. The van der Waals surface area contributed by atoms with Gasteiger partial charge < -0.3 is 0 Å². The summed E-state index contributed by atoms with van der Waals surface area (Å²) in [4.78, 5) is 0. The first-order valence-electron chi connectivity index (χ1n) is 9.45. The summed E-state index contributed by atoms with van der Waals surface area (Å²) in [7, 11) is 0. The molecule has 0 aliphatic carbocycles. The van der Waals surface area contributed by atoms with Gasteiger partial charge in [-0.25, -0.2) is 0 Å². The lowest BCUT2D eigenvalue weighted by Crippen LogP contribution is -1.92. The molecule has 0 heteroatoms. The van der Waals surface area contributed by atoms with Crippen LogP contribution in [0.3, 0.4) is 0 Å². The zero-order valence-corrected chi connectivity index (χ0v) is 14.6. The molecule has 0 aliphatic heterocycles. The lowest BCUT2D eigenvalue weighted by atomic mass is 9.90. The molecule has 0 spiro atoms. The van der Waals surface area contributed by atoms with Crippen LogP contribution in [0, 0.1) is 6.07 Å². The molecular weight excluding hydrogens is 288 g/mol. The van der Waals surface area contributed by atoms with Crippen molar-refractivity contribution in [3.63, 3.8) is 0 Å². The molecule has 0 saturated carbocycles. The zero-order valence-electron chi connectivity index (χ0n) is 14.6. The number of unbranched alkanes of at least 4 members (excludes halogenated alkanes) is 5. The van der Waals surface area contributed by atoms with Crippen molar-refractivity contribution in [1.29, 1.82) is 0 Å². The average Bonchev–Trinajstić information content (AvgIpc) is 2.63. The quantitative estimate of drug-likeness (QED) is 0.248. The summed E-state index contributed by atoms with van der Waals surface area (Å²) in [5.74, 6) is 0. The predicted octanol–water partition coefficient (Wildman–Crippen LogP) is 7.29. The third-order valence-electron chi connectivity index (χ3n) is 5.32. The molecule has 0 unspecified atom stereocenters. The first-order valence-corrected chi connectivity index (χ1v) is 9.45. The van der Waals surface area contributed by atoms with Crippen molar-refractivity contribution < 1.29 is 0 Å². The molecule has 4 aromatic rings. The molecule has 0 nitrogen and oxygen atoms in total. The van der Waals surface area contributed by atoms with Gasteiger partial charge in [-0.1, -0.05) is 75.4 Å². The van der Waals surface area contributed by atoms with Crippen molar-refractivity contribution in [2.45, 2.75) is 51.9 Å². The van der Waals surface area contributed by atoms with E-state index >= 15 is 0 Å². The van der Waals surface area contributed by atoms with Crippen LogP contribution in [0.2, 0.25) is 0 Å². The minimum Gasteiger partial charge on any atom is -0.0654 e. The first-order chi connectivity index (χ1) is 11.9. The van der Waals surface area contributed by atoms with Gasteiger partial charge in [-0.2, -0.15) is 0 Å². The number of hydrogen-bond donors (Lipinski definition) is 0. The van der Waals surface area contributed by atoms with Crippen LogP contribution in [0.15, 0.2) is 48.5 Å². The van der Waals surface area contributed by atoms with E-state index in [-0.39, 0.29) is 0 Å². The topological polar surface area (TPSA) is 0 Å². The Balaban J connectivity index is 1.70. The fourth-order valence-corrected chi connectivity index (χ4v) is 4.07. The van der Waals surface area contributed by atoms with Crippen molar-refractivity contribution >= 4 is 32.3 Å². The van der Waals surface area contributed by atoms with Gasteiger partial charge in [-0.3, -0.25) is 0 Å². The van der Waals surface area contributed by atoms with Gasteiger partial charge in [0.05, 0.1) is 0 Å². The first kappa shape index (κ1) is 15.4. The molecule has 0 aliphatic rings. The monoisotopic (exact) mass is 313 g/mol. The second-order valence-electron chi connectivity index (χ2n) is 7.03. The van der Waals surface area contributed by atoms with E-state index < -0.39 is 0 Å².